The molecule has 42 heavy (non-hydrogen) atoms. The van der Waals surface area contributed by atoms with E-state index in [1.54, 1.807) is 31.4 Å². The number of aliphatic hydroxyl groups is 1. The van der Waals surface area contributed by atoms with E-state index in [1.807, 2.05) is 45.9 Å². The topological polar surface area (TPSA) is 155 Å². The number of aliphatic hydroxyl groups excluding tert-OH is 1. The summed E-state index contributed by atoms with van der Waals surface area (Å²) in [5.41, 5.74) is 3.02. The number of pyridine rings is 1. The van der Waals surface area contributed by atoms with Crippen molar-refractivity contribution in [3.05, 3.63) is 65.1 Å². The molecule has 3 atom stereocenters. The van der Waals surface area contributed by atoms with E-state index >= 15 is 0 Å². The summed E-state index contributed by atoms with van der Waals surface area (Å²) in [7, 11) is 1.56. The first kappa shape index (κ1) is 30.7. The third-order valence-corrected chi connectivity index (χ3v) is 7.04. The van der Waals surface area contributed by atoms with Crippen molar-refractivity contribution in [1.29, 1.82) is 0 Å². The highest BCUT2D eigenvalue weighted by Gasteiger charge is 2.31. The number of ketones is 1. The first-order chi connectivity index (χ1) is 20.0. The van der Waals surface area contributed by atoms with E-state index in [-0.39, 0.29) is 30.6 Å². The van der Waals surface area contributed by atoms with E-state index in [0.29, 0.717) is 35.7 Å². The molecule has 3 heterocycles. The molecule has 1 aromatic carbocycles. The Morgan fingerprint density at radius 2 is 1.88 bits per heavy atom. The quantitative estimate of drug-likeness (QED) is 0.183. The van der Waals surface area contributed by atoms with Crippen LogP contribution in [0.1, 0.15) is 48.6 Å². The number of amides is 2. The lowest BCUT2D eigenvalue weighted by molar-refractivity contribution is -0.124. The number of hydrogen-bond acceptors (Lipinski definition) is 8. The number of benzene rings is 1. The second-order valence-corrected chi connectivity index (χ2v) is 11.0. The molecule has 0 saturated carbocycles. The van der Waals surface area contributed by atoms with Gasteiger partial charge in [-0.2, -0.15) is 0 Å². The molecule has 1 aliphatic rings. The number of Topliss-reactive ketones (excluding diaryl/α,β-unsaturated/α-hetero) is 1. The Labute approximate surface area is 245 Å². The van der Waals surface area contributed by atoms with Crippen molar-refractivity contribution in [3.8, 4) is 11.5 Å². The van der Waals surface area contributed by atoms with Gasteiger partial charge in [0.25, 0.3) is 5.91 Å². The van der Waals surface area contributed by atoms with Gasteiger partial charge in [-0.15, -0.1) is 0 Å². The molecule has 0 bridgehead atoms. The Morgan fingerprint density at radius 3 is 2.52 bits per heavy atom. The number of methoxy groups -OCH3 is 1. The predicted octanol–water partition coefficient (Wildman–Crippen LogP) is 2.70. The third-order valence-electron chi connectivity index (χ3n) is 7.04. The largest absolute Gasteiger partial charge is 0.496 e. The number of nitrogens with zero attached hydrogens (tertiary/aromatic N) is 1. The van der Waals surface area contributed by atoms with E-state index in [0.717, 1.165) is 22.3 Å². The number of H-pyrrole nitrogens is 1. The summed E-state index contributed by atoms with van der Waals surface area (Å²) in [6.45, 7) is 7.72. The summed E-state index contributed by atoms with van der Waals surface area (Å²) in [5.74, 6) is 0.242. The number of carbonyl (C=O) groups excluding carboxylic acids is 3. The minimum atomic E-state index is -1.29. The summed E-state index contributed by atoms with van der Waals surface area (Å²) in [4.78, 5) is 46.4. The van der Waals surface area contributed by atoms with Crippen LogP contribution in [0.5, 0.6) is 11.5 Å². The second-order valence-electron chi connectivity index (χ2n) is 11.0. The van der Waals surface area contributed by atoms with Gasteiger partial charge in [-0.25, -0.2) is 0 Å². The van der Waals surface area contributed by atoms with Crippen molar-refractivity contribution in [1.82, 2.24) is 25.9 Å². The van der Waals surface area contributed by atoms with Gasteiger partial charge in [0.15, 0.2) is 5.78 Å². The standard InChI is InChI=1S/C31H39N5O6/c1-17(2)11-25(36-31(40)26-15-22-23(34-26)7-6-8-28(22)41-5)30(39)35-24(14-20-9-10-32-29(20)38)27(37)16-42-21-12-18(3)33-19(4)13-21/h6-9,12-13,15,17,24-25,30,34-35,39H,10-11,14,16H2,1-5H3,(H,32,38)(H,36,40)/t24?,25-,30?/m0/s1. The van der Waals surface area contributed by atoms with Crippen molar-refractivity contribution in [3.63, 3.8) is 0 Å². The highest BCUT2D eigenvalue weighted by atomic mass is 16.5. The Kier molecular flexibility index (Phi) is 9.97. The molecular formula is C31H39N5O6. The van der Waals surface area contributed by atoms with Crippen molar-refractivity contribution in [2.75, 3.05) is 20.3 Å². The van der Waals surface area contributed by atoms with Crippen LogP contribution in [0.25, 0.3) is 10.9 Å². The average Bonchev–Trinajstić information content (AvgIpc) is 3.56. The first-order valence-electron chi connectivity index (χ1n) is 14.0. The molecule has 0 saturated heterocycles. The summed E-state index contributed by atoms with van der Waals surface area (Å²) in [6.07, 6.45) is 0.924. The number of ether oxygens (including phenoxy) is 2. The molecule has 1 aliphatic heterocycles. The molecule has 5 N–H and O–H groups in total. The molecular weight excluding hydrogens is 538 g/mol. The zero-order valence-corrected chi connectivity index (χ0v) is 24.6. The molecule has 2 amide bonds. The smallest absolute Gasteiger partial charge is 0.268 e. The number of nitrogens with one attached hydrogen (secondary N) is 4. The monoisotopic (exact) mass is 577 g/mol. The van der Waals surface area contributed by atoms with Crippen molar-refractivity contribution in [2.24, 2.45) is 5.92 Å². The molecule has 0 spiro atoms. The fourth-order valence-corrected chi connectivity index (χ4v) is 5.04. The highest BCUT2D eigenvalue weighted by molar-refractivity contribution is 6.00. The zero-order chi connectivity index (χ0) is 30.4. The minimum absolute atomic E-state index is 0.0592. The van der Waals surface area contributed by atoms with Crippen LogP contribution in [0.15, 0.2) is 48.0 Å². The Morgan fingerprint density at radius 1 is 1.14 bits per heavy atom. The Balaban J connectivity index is 1.50. The van der Waals surface area contributed by atoms with Crippen LogP contribution in [0.2, 0.25) is 0 Å². The number of fused-ring (bicyclic) bond motifs is 1. The molecule has 2 aromatic heterocycles. The number of hydrogen-bond donors (Lipinski definition) is 5. The average molecular weight is 578 g/mol. The number of rotatable bonds is 14. The number of aryl methyl sites for hydroxylation is 2. The lowest BCUT2D eigenvalue weighted by atomic mass is 9.99. The van der Waals surface area contributed by atoms with Gasteiger partial charge in [-0.05, 0) is 44.4 Å². The molecule has 0 fully saturated rings. The molecule has 0 aliphatic carbocycles. The number of aromatic nitrogens is 2. The van der Waals surface area contributed by atoms with Crippen molar-refractivity contribution < 1.29 is 29.0 Å². The van der Waals surface area contributed by atoms with Crippen LogP contribution in [-0.2, 0) is 9.59 Å². The summed E-state index contributed by atoms with van der Waals surface area (Å²) < 4.78 is 11.2. The zero-order valence-electron chi connectivity index (χ0n) is 24.6. The van der Waals surface area contributed by atoms with Gasteiger partial charge in [0, 0.05) is 53.0 Å². The van der Waals surface area contributed by atoms with Crippen LogP contribution in [0.3, 0.4) is 0 Å². The van der Waals surface area contributed by atoms with E-state index in [4.69, 9.17) is 9.47 Å². The van der Waals surface area contributed by atoms with Gasteiger partial charge in [-0.1, -0.05) is 26.0 Å². The lowest BCUT2D eigenvalue weighted by Gasteiger charge is -2.29. The molecule has 4 rings (SSSR count). The second kappa shape index (κ2) is 13.6. The Hall–Kier alpha value is -4.22. The van der Waals surface area contributed by atoms with Crippen molar-refractivity contribution >= 4 is 28.5 Å². The van der Waals surface area contributed by atoms with Crippen LogP contribution in [0, 0.1) is 19.8 Å². The first-order valence-corrected chi connectivity index (χ1v) is 14.0. The van der Waals surface area contributed by atoms with Crippen LogP contribution < -0.4 is 25.4 Å². The molecule has 11 nitrogen and oxygen atoms in total. The van der Waals surface area contributed by atoms with E-state index in [9.17, 15) is 19.5 Å². The normalized spacial score (nSPS) is 15.2. The maximum Gasteiger partial charge on any atom is 0.268 e. The van der Waals surface area contributed by atoms with Gasteiger partial charge in [0.05, 0.1) is 19.2 Å². The molecule has 2 unspecified atom stereocenters. The van der Waals surface area contributed by atoms with E-state index < -0.39 is 24.2 Å². The maximum absolute atomic E-state index is 13.4. The predicted molar refractivity (Wildman–Crippen MR) is 158 cm³/mol. The molecule has 3 aromatic rings. The SMILES string of the molecule is COc1cccc2[nH]c(C(=O)N[C@@H](CC(C)C)C(O)NC(CC3=CCNC3=O)C(=O)COc3cc(C)nc(C)c3)cc12. The molecule has 0 radical (unpaired) electrons. The summed E-state index contributed by atoms with van der Waals surface area (Å²) >= 11 is 0. The lowest BCUT2D eigenvalue weighted by Crippen LogP contribution is -2.55. The minimum Gasteiger partial charge on any atom is -0.496 e. The van der Waals surface area contributed by atoms with Gasteiger partial charge >= 0.3 is 0 Å². The van der Waals surface area contributed by atoms with Gasteiger partial charge < -0.3 is 30.2 Å². The summed E-state index contributed by atoms with van der Waals surface area (Å²) in [5, 5.41) is 20.7. The van der Waals surface area contributed by atoms with Crippen LogP contribution in [-0.4, -0.2) is 71.2 Å². The van der Waals surface area contributed by atoms with Crippen molar-refractivity contribution in [2.45, 2.75) is 58.8 Å². The number of aromatic amines is 1. The maximum atomic E-state index is 13.4. The highest BCUT2D eigenvalue weighted by Crippen LogP contribution is 2.26. The van der Waals surface area contributed by atoms with Gasteiger partial charge in [-0.3, -0.25) is 24.7 Å². The fourth-order valence-electron chi connectivity index (χ4n) is 5.04. The fraction of sp³-hybridized carbons (Fsp3) is 0.419. The molecule has 224 valence electrons. The van der Waals surface area contributed by atoms with Crippen LogP contribution in [0.4, 0.5) is 0 Å². The number of carbonyl (C=O) groups is 3. The van der Waals surface area contributed by atoms with Gasteiger partial charge in [0.2, 0.25) is 5.91 Å². The summed E-state index contributed by atoms with van der Waals surface area (Å²) in [6, 6.07) is 8.97. The van der Waals surface area contributed by atoms with E-state index in [2.05, 4.69) is 25.9 Å². The third kappa shape index (κ3) is 7.74. The van der Waals surface area contributed by atoms with Crippen LogP contribution >= 0.6 is 0 Å². The van der Waals surface area contributed by atoms with Gasteiger partial charge in [0.1, 0.15) is 30.0 Å². The molecule has 11 heteroatoms. The van der Waals surface area contributed by atoms with E-state index in [1.165, 1.54) is 0 Å². The Bertz CT molecular complexity index is 1460.